The predicted octanol–water partition coefficient (Wildman–Crippen LogP) is 3.66. The highest BCUT2D eigenvalue weighted by atomic mass is 16.2. The second-order valence-corrected chi connectivity index (χ2v) is 4.29. The van der Waals surface area contributed by atoms with E-state index < -0.39 is 0 Å². The van der Waals surface area contributed by atoms with Crippen LogP contribution in [0.4, 0.5) is 11.4 Å². The van der Waals surface area contributed by atoms with Gasteiger partial charge in [-0.25, -0.2) is 0 Å². The van der Waals surface area contributed by atoms with E-state index in [-0.39, 0.29) is 5.91 Å². The SMILES string of the molecule is CCCC(=O)NN(c1ccccc1)c1ccccc1. The molecule has 0 heterocycles. The quantitative estimate of drug-likeness (QED) is 0.826. The lowest BCUT2D eigenvalue weighted by Crippen LogP contribution is -2.38. The number of nitrogens with zero attached hydrogens (tertiary/aromatic N) is 1. The van der Waals surface area contributed by atoms with E-state index in [0.29, 0.717) is 6.42 Å². The molecular formula is C16H18N2O. The monoisotopic (exact) mass is 254 g/mol. The Morgan fingerprint density at radius 2 is 1.42 bits per heavy atom. The fourth-order valence-corrected chi connectivity index (χ4v) is 1.84. The van der Waals surface area contributed by atoms with Crippen LogP contribution in [0.15, 0.2) is 60.7 Å². The number of nitrogens with one attached hydrogen (secondary N) is 1. The number of hydrazine groups is 1. The minimum absolute atomic E-state index is 0.0233. The Hall–Kier alpha value is -2.29. The molecule has 0 spiro atoms. The van der Waals surface area contributed by atoms with Crippen molar-refractivity contribution in [1.82, 2.24) is 5.43 Å². The minimum Gasteiger partial charge on any atom is -0.273 e. The van der Waals surface area contributed by atoms with Gasteiger partial charge in [-0.15, -0.1) is 0 Å². The number of benzene rings is 2. The van der Waals surface area contributed by atoms with Crippen molar-refractivity contribution >= 4 is 17.3 Å². The second-order valence-electron chi connectivity index (χ2n) is 4.29. The number of amides is 1. The highest BCUT2D eigenvalue weighted by molar-refractivity contribution is 5.80. The first kappa shape index (κ1) is 13.1. The molecule has 2 aromatic carbocycles. The summed E-state index contributed by atoms with van der Waals surface area (Å²) >= 11 is 0. The summed E-state index contributed by atoms with van der Waals surface area (Å²) in [5.74, 6) is 0.0233. The zero-order valence-corrected chi connectivity index (χ0v) is 11.0. The van der Waals surface area contributed by atoms with Crippen molar-refractivity contribution < 1.29 is 4.79 Å². The molecule has 0 aliphatic rings. The largest absolute Gasteiger partial charge is 0.273 e. The van der Waals surface area contributed by atoms with Crippen molar-refractivity contribution in [2.75, 3.05) is 5.01 Å². The van der Waals surface area contributed by atoms with Gasteiger partial charge in [0.25, 0.3) is 0 Å². The third-order valence-electron chi connectivity index (χ3n) is 2.74. The molecule has 3 heteroatoms. The van der Waals surface area contributed by atoms with Crippen LogP contribution in [0.2, 0.25) is 0 Å². The fraction of sp³-hybridized carbons (Fsp3) is 0.188. The van der Waals surface area contributed by atoms with Gasteiger partial charge in [-0.2, -0.15) is 0 Å². The zero-order valence-electron chi connectivity index (χ0n) is 11.0. The summed E-state index contributed by atoms with van der Waals surface area (Å²) in [6.45, 7) is 1.99. The smallest absolute Gasteiger partial charge is 0.238 e. The number of carbonyl (C=O) groups is 1. The van der Waals surface area contributed by atoms with Gasteiger partial charge in [0.1, 0.15) is 0 Å². The van der Waals surface area contributed by atoms with Gasteiger partial charge in [0, 0.05) is 6.42 Å². The average Bonchev–Trinajstić information content (AvgIpc) is 2.47. The first-order valence-corrected chi connectivity index (χ1v) is 6.51. The van der Waals surface area contributed by atoms with Crippen molar-refractivity contribution in [3.63, 3.8) is 0 Å². The standard InChI is InChI=1S/C16H18N2O/c1-2-9-16(19)17-18(14-10-5-3-6-11-14)15-12-7-4-8-13-15/h3-8,10-13H,2,9H2,1H3,(H,17,19). The molecule has 98 valence electrons. The topological polar surface area (TPSA) is 32.3 Å². The number of hydrogen-bond acceptors (Lipinski definition) is 2. The maximum absolute atomic E-state index is 11.8. The van der Waals surface area contributed by atoms with E-state index in [1.165, 1.54) is 0 Å². The Labute approximate surface area is 113 Å². The molecule has 1 amide bonds. The molecule has 0 radical (unpaired) electrons. The lowest BCUT2D eigenvalue weighted by Gasteiger charge is -2.25. The summed E-state index contributed by atoms with van der Waals surface area (Å²) in [4.78, 5) is 11.8. The maximum Gasteiger partial charge on any atom is 0.238 e. The van der Waals surface area contributed by atoms with Crippen LogP contribution < -0.4 is 10.4 Å². The zero-order chi connectivity index (χ0) is 13.5. The Bertz CT molecular complexity index is 471. The summed E-state index contributed by atoms with van der Waals surface area (Å²) in [5, 5.41) is 1.82. The van der Waals surface area contributed by atoms with Crippen molar-refractivity contribution in [2.45, 2.75) is 19.8 Å². The minimum atomic E-state index is 0.0233. The first-order valence-electron chi connectivity index (χ1n) is 6.51. The normalized spacial score (nSPS) is 9.95. The van der Waals surface area contributed by atoms with Crippen LogP contribution in [0, 0.1) is 0 Å². The van der Waals surface area contributed by atoms with Crippen LogP contribution in [-0.4, -0.2) is 5.91 Å². The predicted molar refractivity (Wildman–Crippen MR) is 78.1 cm³/mol. The van der Waals surface area contributed by atoms with Crippen LogP contribution in [0.5, 0.6) is 0 Å². The highest BCUT2D eigenvalue weighted by Crippen LogP contribution is 2.22. The van der Waals surface area contributed by atoms with E-state index in [0.717, 1.165) is 17.8 Å². The number of rotatable bonds is 5. The molecule has 19 heavy (non-hydrogen) atoms. The molecule has 2 aromatic rings. The summed E-state index contributed by atoms with van der Waals surface area (Å²) in [7, 11) is 0. The van der Waals surface area contributed by atoms with E-state index in [9.17, 15) is 4.79 Å². The summed E-state index contributed by atoms with van der Waals surface area (Å²) in [6, 6.07) is 19.6. The van der Waals surface area contributed by atoms with Gasteiger partial charge in [0.15, 0.2) is 0 Å². The number of hydrogen-bond donors (Lipinski definition) is 1. The lowest BCUT2D eigenvalue weighted by atomic mass is 10.2. The number of carbonyl (C=O) groups excluding carboxylic acids is 1. The van der Waals surface area contributed by atoms with E-state index >= 15 is 0 Å². The van der Waals surface area contributed by atoms with Gasteiger partial charge in [-0.3, -0.25) is 15.2 Å². The summed E-state index contributed by atoms with van der Waals surface area (Å²) in [5.41, 5.74) is 4.83. The van der Waals surface area contributed by atoms with Gasteiger partial charge in [0.05, 0.1) is 11.4 Å². The molecule has 0 aromatic heterocycles. The van der Waals surface area contributed by atoms with Gasteiger partial charge in [-0.1, -0.05) is 43.3 Å². The molecular weight excluding hydrogens is 236 g/mol. The maximum atomic E-state index is 11.8. The molecule has 3 nitrogen and oxygen atoms in total. The Morgan fingerprint density at radius 3 is 1.84 bits per heavy atom. The summed E-state index contributed by atoms with van der Waals surface area (Å²) in [6.07, 6.45) is 1.36. The van der Waals surface area contributed by atoms with Crippen molar-refractivity contribution in [3.8, 4) is 0 Å². The van der Waals surface area contributed by atoms with Crippen LogP contribution in [0.3, 0.4) is 0 Å². The Morgan fingerprint density at radius 1 is 0.947 bits per heavy atom. The first-order chi connectivity index (χ1) is 9.31. The molecule has 0 aliphatic carbocycles. The summed E-state index contributed by atoms with van der Waals surface area (Å²) < 4.78 is 0. The van der Waals surface area contributed by atoms with Crippen LogP contribution >= 0.6 is 0 Å². The van der Waals surface area contributed by atoms with Gasteiger partial charge < -0.3 is 0 Å². The number of para-hydroxylation sites is 2. The van der Waals surface area contributed by atoms with Gasteiger partial charge in [-0.05, 0) is 30.7 Å². The molecule has 0 bridgehead atoms. The van der Waals surface area contributed by atoms with Crippen LogP contribution in [-0.2, 0) is 4.79 Å². The van der Waals surface area contributed by atoms with Crippen LogP contribution in [0.1, 0.15) is 19.8 Å². The molecule has 0 aliphatic heterocycles. The molecule has 0 fully saturated rings. The molecule has 0 unspecified atom stereocenters. The Balaban J connectivity index is 2.26. The van der Waals surface area contributed by atoms with Crippen molar-refractivity contribution in [3.05, 3.63) is 60.7 Å². The lowest BCUT2D eigenvalue weighted by molar-refractivity contribution is -0.121. The van der Waals surface area contributed by atoms with Crippen LogP contribution in [0.25, 0.3) is 0 Å². The van der Waals surface area contributed by atoms with Crippen molar-refractivity contribution in [2.24, 2.45) is 0 Å². The molecule has 0 saturated heterocycles. The highest BCUT2D eigenvalue weighted by Gasteiger charge is 2.11. The fourth-order valence-electron chi connectivity index (χ4n) is 1.84. The second kappa shape index (κ2) is 6.59. The van der Waals surface area contributed by atoms with Gasteiger partial charge >= 0.3 is 0 Å². The van der Waals surface area contributed by atoms with E-state index in [1.54, 1.807) is 0 Å². The van der Waals surface area contributed by atoms with Gasteiger partial charge in [0.2, 0.25) is 5.91 Å². The molecule has 2 rings (SSSR count). The third-order valence-corrected chi connectivity index (χ3v) is 2.74. The van der Waals surface area contributed by atoms with Crippen molar-refractivity contribution in [1.29, 1.82) is 0 Å². The third kappa shape index (κ3) is 3.58. The van der Waals surface area contributed by atoms with E-state index in [4.69, 9.17) is 0 Å². The molecule has 1 N–H and O–H groups in total. The van der Waals surface area contributed by atoms with E-state index in [1.807, 2.05) is 72.6 Å². The van der Waals surface area contributed by atoms with E-state index in [2.05, 4.69) is 5.43 Å². The molecule has 0 saturated carbocycles. The molecule has 0 atom stereocenters. The number of anilines is 2. The average molecular weight is 254 g/mol. The Kier molecular flexibility index (Phi) is 4.56.